The van der Waals surface area contributed by atoms with E-state index < -0.39 is 0 Å². The van der Waals surface area contributed by atoms with Crippen LogP contribution in [0.4, 0.5) is 0 Å². The minimum atomic E-state index is 0.229. The number of nitrogens with two attached hydrogens (primary N) is 1. The van der Waals surface area contributed by atoms with Crippen LogP contribution < -0.4 is 10.5 Å². The Kier molecular flexibility index (Phi) is 4.33. The lowest BCUT2D eigenvalue weighted by Gasteiger charge is -2.02. The molecule has 1 atom stereocenters. The molecule has 0 saturated carbocycles. The number of methoxy groups -OCH3 is 1. The molecule has 4 heteroatoms. The van der Waals surface area contributed by atoms with Crippen molar-refractivity contribution in [3.8, 4) is 16.3 Å². The zero-order chi connectivity index (χ0) is 13.0. The first-order chi connectivity index (χ1) is 8.69. The first kappa shape index (κ1) is 13.1. The van der Waals surface area contributed by atoms with Crippen LogP contribution in [0.2, 0.25) is 0 Å². The molecule has 0 aliphatic rings. The number of hydrogen-bond donors (Lipinski definition) is 1. The average molecular weight is 262 g/mol. The third-order valence-corrected chi connectivity index (χ3v) is 3.66. The molecule has 2 N–H and O–H groups in total. The molecule has 0 aliphatic carbocycles. The number of aromatic nitrogens is 1. The van der Waals surface area contributed by atoms with Gasteiger partial charge < -0.3 is 10.5 Å². The van der Waals surface area contributed by atoms with Gasteiger partial charge in [0.25, 0.3) is 0 Å². The van der Waals surface area contributed by atoms with E-state index in [1.54, 1.807) is 18.4 Å². The van der Waals surface area contributed by atoms with Gasteiger partial charge in [0.05, 0.1) is 12.8 Å². The van der Waals surface area contributed by atoms with Gasteiger partial charge in [0, 0.05) is 17.0 Å². The number of aryl methyl sites for hydroxylation is 1. The Bertz CT molecular complexity index is 508. The second kappa shape index (κ2) is 5.98. The second-order valence-corrected chi connectivity index (χ2v) is 5.25. The van der Waals surface area contributed by atoms with E-state index in [4.69, 9.17) is 10.5 Å². The minimum absolute atomic E-state index is 0.229. The van der Waals surface area contributed by atoms with Gasteiger partial charge in [0.1, 0.15) is 10.8 Å². The highest BCUT2D eigenvalue weighted by atomic mass is 32.1. The van der Waals surface area contributed by atoms with Crippen molar-refractivity contribution in [1.29, 1.82) is 0 Å². The Hall–Kier alpha value is -1.39. The van der Waals surface area contributed by atoms with Gasteiger partial charge in [0.2, 0.25) is 0 Å². The highest BCUT2D eigenvalue weighted by Gasteiger charge is 2.06. The van der Waals surface area contributed by atoms with Crippen molar-refractivity contribution in [1.82, 2.24) is 4.98 Å². The van der Waals surface area contributed by atoms with Gasteiger partial charge in [-0.15, -0.1) is 11.3 Å². The lowest BCUT2D eigenvalue weighted by molar-refractivity contribution is 0.415. The van der Waals surface area contributed by atoms with Crippen LogP contribution in [0.25, 0.3) is 10.6 Å². The maximum atomic E-state index is 5.76. The number of benzene rings is 1. The lowest BCUT2D eigenvalue weighted by atomic mass is 10.1. The predicted octanol–water partition coefficient (Wildman–Crippen LogP) is 3.10. The van der Waals surface area contributed by atoms with Crippen molar-refractivity contribution in [3.63, 3.8) is 0 Å². The smallest absolute Gasteiger partial charge is 0.123 e. The summed E-state index contributed by atoms with van der Waals surface area (Å²) in [4.78, 5) is 4.64. The van der Waals surface area contributed by atoms with Crippen LogP contribution in [0.5, 0.6) is 5.75 Å². The molecule has 0 radical (unpaired) electrons. The minimum Gasteiger partial charge on any atom is -0.497 e. The summed E-state index contributed by atoms with van der Waals surface area (Å²) < 4.78 is 5.22. The largest absolute Gasteiger partial charge is 0.497 e. The van der Waals surface area contributed by atoms with Crippen LogP contribution in [0.15, 0.2) is 29.6 Å². The molecule has 0 amide bonds. The fourth-order valence-electron chi connectivity index (χ4n) is 1.69. The van der Waals surface area contributed by atoms with Crippen molar-refractivity contribution >= 4 is 11.3 Å². The van der Waals surface area contributed by atoms with Gasteiger partial charge in [-0.3, -0.25) is 0 Å². The molecular weight excluding hydrogens is 244 g/mol. The first-order valence-corrected chi connectivity index (χ1v) is 6.91. The van der Waals surface area contributed by atoms with E-state index in [1.807, 2.05) is 25.1 Å². The summed E-state index contributed by atoms with van der Waals surface area (Å²) in [6.07, 6.45) is 1.92. The molecule has 0 aliphatic heterocycles. The molecular formula is C14H18N2OS. The molecule has 96 valence electrons. The molecule has 1 aromatic carbocycles. The van der Waals surface area contributed by atoms with E-state index >= 15 is 0 Å². The lowest BCUT2D eigenvalue weighted by Crippen LogP contribution is -2.15. The van der Waals surface area contributed by atoms with Crippen molar-refractivity contribution in [2.45, 2.75) is 25.8 Å². The number of hydrogen-bond acceptors (Lipinski definition) is 4. The fraction of sp³-hybridized carbons (Fsp3) is 0.357. The van der Waals surface area contributed by atoms with Crippen LogP contribution >= 0.6 is 11.3 Å². The zero-order valence-electron chi connectivity index (χ0n) is 10.7. The van der Waals surface area contributed by atoms with Crippen LogP contribution in [-0.4, -0.2) is 18.1 Å². The van der Waals surface area contributed by atoms with Crippen molar-refractivity contribution in [2.75, 3.05) is 7.11 Å². The van der Waals surface area contributed by atoms with Crippen LogP contribution in [0.1, 0.15) is 19.0 Å². The Morgan fingerprint density at radius 3 is 3.00 bits per heavy atom. The standard InChI is InChI=1S/C14H18N2OS/c1-10(15)6-7-12-9-18-14(16-12)11-4-3-5-13(8-11)17-2/h3-5,8-10H,6-7,15H2,1-2H3. The molecule has 18 heavy (non-hydrogen) atoms. The van der Waals surface area contributed by atoms with Gasteiger partial charge in [-0.1, -0.05) is 12.1 Å². The number of thiazole rings is 1. The van der Waals surface area contributed by atoms with Crippen molar-refractivity contribution < 1.29 is 4.74 Å². The summed E-state index contributed by atoms with van der Waals surface area (Å²) in [6, 6.07) is 8.21. The number of rotatable bonds is 5. The maximum Gasteiger partial charge on any atom is 0.123 e. The molecule has 0 fully saturated rings. The van der Waals surface area contributed by atoms with Gasteiger partial charge >= 0.3 is 0 Å². The quantitative estimate of drug-likeness (QED) is 0.900. The molecule has 2 aromatic rings. The van der Waals surface area contributed by atoms with Crippen molar-refractivity contribution in [2.24, 2.45) is 5.73 Å². The Morgan fingerprint density at radius 2 is 2.28 bits per heavy atom. The molecule has 2 rings (SSSR count). The van der Waals surface area contributed by atoms with Crippen LogP contribution in [-0.2, 0) is 6.42 Å². The molecule has 1 heterocycles. The average Bonchev–Trinajstić information content (AvgIpc) is 2.85. The molecule has 1 aromatic heterocycles. The van der Waals surface area contributed by atoms with Gasteiger partial charge in [0.15, 0.2) is 0 Å². The fourth-order valence-corrected chi connectivity index (χ4v) is 2.54. The zero-order valence-corrected chi connectivity index (χ0v) is 11.5. The summed E-state index contributed by atoms with van der Waals surface area (Å²) in [5.74, 6) is 0.861. The summed E-state index contributed by atoms with van der Waals surface area (Å²) in [5, 5.41) is 3.14. The third kappa shape index (κ3) is 3.31. The summed E-state index contributed by atoms with van der Waals surface area (Å²) in [7, 11) is 1.68. The van der Waals surface area contributed by atoms with E-state index in [2.05, 4.69) is 16.4 Å². The Labute approximate surface area is 112 Å². The topological polar surface area (TPSA) is 48.1 Å². The predicted molar refractivity (Wildman–Crippen MR) is 76.1 cm³/mol. The Balaban J connectivity index is 2.13. The molecule has 0 saturated heterocycles. The maximum absolute atomic E-state index is 5.76. The van der Waals surface area contributed by atoms with E-state index in [-0.39, 0.29) is 6.04 Å². The summed E-state index contributed by atoms with van der Waals surface area (Å²) in [5.41, 5.74) is 7.98. The van der Waals surface area contributed by atoms with Gasteiger partial charge in [-0.25, -0.2) is 4.98 Å². The van der Waals surface area contributed by atoms with Gasteiger partial charge in [-0.05, 0) is 31.9 Å². The van der Waals surface area contributed by atoms with E-state index in [0.717, 1.165) is 34.9 Å². The van der Waals surface area contributed by atoms with E-state index in [1.165, 1.54) is 0 Å². The van der Waals surface area contributed by atoms with Crippen LogP contribution in [0.3, 0.4) is 0 Å². The molecule has 0 spiro atoms. The van der Waals surface area contributed by atoms with Gasteiger partial charge in [-0.2, -0.15) is 0 Å². The molecule has 0 bridgehead atoms. The highest BCUT2D eigenvalue weighted by Crippen LogP contribution is 2.27. The van der Waals surface area contributed by atoms with E-state index in [9.17, 15) is 0 Å². The normalized spacial score (nSPS) is 12.4. The Morgan fingerprint density at radius 1 is 1.44 bits per heavy atom. The van der Waals surface area contributed by atoms with Crippen LogP contribution in [0, 0.1) is 0 Å². The third-order valence-electron chi connectivity index (χ3n) is 2.72. The monoisotopic (exact) mass is 262 g/mol. The number of nitrogens with zero attached hydrogens (tertiary/aromatic N) is 1. The van der Waals surface area contributed by atoms with Crippen molar-refractivity contribution in [3.05, 3.63) is 35.3 Å². The SMILES string of the molecule is COc1cccc(-c2nc(CCC(C)N)cs2)c1. The van der Waals surface area contributed by atoms with E-state index in [0.29, 0.717) is 0 Å². The first-order valence-electron chi connectivity index (χ1n) is 6.03. The summed E-state index contributed by atoms with van der Waals surface area (Å²) in [6.45, 7) is 2.02. The molecule has 1 unspecified atom stereocenters. The summed E-state index contributed by atoms with van der Waals surface area (Å²) >= 11 is 1.67. The highest BCUT2D eigenvalue weighted by molar-refractivity contribution is 7.13. The second-order valence-electron chi connectivity index (χ2n) is 4.39. The number of ether oxygens (including phenoxy) is 1. The molecule has 3 nitrogen and oxygen atoms in total.